The first-order valence-electron chi connectivity index (χ1n) is 12.9. The molecule has 3 atom stereocenters. The van der Waals surface area contributed by atoms with Crippen LogP contribution in [0.15, 0.2) is 20.9 Å². The highest BCUT2D eigenvalue weighted by atomic mass is 32.2. The highest BCUT2D eigenvalue weighted by molar-refractivity contribution is 8.14. The summed E-state index contributed by atoms with van der Waals surface area (Å²) < 4.78 is 37.1. The number of azide groups is 1. The second-order valence-corrected chi connectivity index (χ2v) is 15.1. The van der Waals surface area contributed by atoms with Crippen molar-refractivity contribution in [3.63, 3.8) is 0 Å². The number of phosphoric acid groups is 1. The molecule has 230 valence electrons. The van der Waals surface area contributed by atoms with Gasteiger partial charge in [-0.05, 0) is 12.5 Å². The molecule has 2 heterocycles. The molecule has 1 aromatic heterocycles. The zero-order valence-electron chi connectivity index (χ0n) is 24.3. The molecule has 1 fully saturated rings. The van der Waals surface area contributed by atoms with E-state index in [1.807, 2.05) is 0 Å². The van der Waals surface area contributed by atoms with Crippen LogP contribution < -0.4 is 11.2 Å². The number of rotatable bonds is 13. The van der Waals surface area contributed by atoms with E-state index in [1.54, 1.807) is 41.5 Å². The van der Waals surface area contributed by atoms with Gasteiger partial charge < -0.3 is 4.74 Å². The number of aromatic amines is 1. The normalized spacial score (nSPS) is 19.6. The van der Waals surface area contributed by atoms with Crippen molar-refractivity contribution in [2.24, 2.45) is 15.9 Å². The summed E-state index contributed by atoms with van der Waals surface area (Å²) in [6.45, 7) is 11.6. The van der Waals surface area contributed by atoms with Crippen LogP contribution in [0.1, 0.15) is 59.8 Å². The molecule has 0 saturated carbocycles. The Kier molecular flexibility index (Phi) is 12.9. The first-order valence-corrected chi connectivity index (χ1v) is 16.3. The van der Waals surface area contributed by atoms with Crippen molar-refractivity contribution < 1.29 is 32.5 Å². The number of thioether (sulfide) groups is 2. The number of hydrogen-bond donors (Lipinski definition) is 1. The first kappa shape index (κ1) is 35.3. The Hall–Kier alpha value is -1.90. The van der Waals surface area contributed by atoms with Gasteiger partial charge in [0.1, 0.15) is 6.23 Å². The minimum atomic E-state index is -4.21. The molecular weight excluding hydrogens is 597 g/mol. The second kappa shape index (κ2) is 15.0. The van der Waals surface area contributed by atoms with Crippen LogP contribution in [0, 0.1) is 17.8 Å². The van der Waals surface area contributed by atoms with Gasteiger partial charge in [0.15, 0.2) is 10.2 Å². The maximum Gasteiger partial charge on any atom is 0.474 e. The van der Waals surface area contributed by atoms with Gasteiger partial charge in [-0.1, -0.05) is 70.2 Å². The highest BCUT2D eigenvalue weighted by Gasteiger charge is 2.39. The summed E-state index contributed by atoms with van der Waals surface area (Å²) in [5.74, 6) is 0.393. The SMILES string of the molecule is Cc1cn(C2CC(N=[N+]=[N-])C(COP(=O)(OCCSC(=O)C(C)(C)C)OCCSC(=O)C(C)(C)C)O2)c(=O)[nH]c1=O. The summed E-state index contributed by atoms with van der Waals surface area (Å²) in [6.07, 6.45) is -0.383. The van der Waals surface area contributed by atoms with E-state index in [1.165, 1.54) is 17.7 Å². The molecule has 0 aromatic carbocycles. The second-order valence-electron chi connectivity index (χ2n) is 11.3. The Morgan fingerprint density at radius 1 is 1.10 bits per heavy atom. The van der Waals surface area contributed by atoms with Crippen LogP contribution in [-0.4, -0.2) is 63.3 Å². The van der Waals surface area contributed by atoms with Crippen molar-refractivity contribution in [3.05, 3.63) is 43.0 Å². The number of carbonyl (C=O) groups excluding carboxylic acids is 2. The quantitative estimate of drug-likeness (QED) is 0.105. The zero-order valence-corrected chi connectivity index (χ0v) is 26.8. The predicted molar refractivity (Wildman–Crippen MR) is 157 cm³/mol. The van der Waals surface area contributed by atoms with Crippen LogP contribution in [0.4, 0.5) is 0 Å². The third-order valence-corrected chi connectivity index (χ3v) is 9.57. The lowest BCUT2D eigenvalue weighted by Crippen LogP contribution is -2.33. The predicted octanol–water partition coefficient (Wildman–Crippen LogP) is 4.58. The lowest BCUT2D eigenvalue weighted by Gasteiger charge is -2.22. The number of carbonyl (C=O) groups is 2. The number of aryl methyl sites for hydroxylation is 1. The fourth-order valence-corrected chi connectivity index (χ4v) is 6.30. The maximum absolute atomic E-state index is 13.5. The van der Waals surface area contributed by atoms with Crippen molar-refractivity contribution in [1.29, 1.82) is 0 Å². The maximum atomic E-state index is 13.5. The van der Waals surface area contributed by atoms with Crippen molar-refractivity contribution in [3.8, 4) is 0 Å². The molecule has 1 N–H and O–H groups in total. The van der Waals surface area contributed by atoms with Gasteiger partial charge in [0.2, 0.25) is 0 Å². The van der Waals surface area contributed by atoms with Gasteiger partial charge in [-0.2, -0.15) is 0 Å². The van der Waals surface area contributed by atoms with E-state index in [0.717, 1.165) is 23.5 Å². The minimum Gasteiger partial charge on any atom is -0.352 e. The van der Waals surface area contributed by atoms with E-state index < -0.39 is 48.3 Å². The van der Waals surface area contributed by atoms with Crippen molar-refractivity contribution in [1.82, 2.24) is 9.55 Å². The van der Waals surface area contributed by atoms with Gasteiger partial charge in [-0.15, -0.1) is 0 Å². The topological polar surface area (TPSA) is 192 Å². The Morgan fingerprint density at radius 3 is 2.12 bits per heavy atom. The van der Waals surface area contributed by atoms with E-state index in [2.05, 4.69) is 15.0 Å². The molecule has 1 aliphatic heterocycles. The van der Waals surface area contributed by atoms with Crippen LogP contribution >= 0.6 is 31.3 Å². The lowest BCUT2D eigenvalue weighted by molar-refractivity contribution is -0.118. The van der Waals surface area contributed by atoms with Crippen molar-refractivity contribution in [2.75, 3.05) is 31.3 Å². The van der Waals surface area contributed by atoms with Crippen LogP contribution in [0.5, 0.6) is 0 Å². The molecule has 0 bridgehead atoms. The van der Waals surface area contributed by atoms with E-state index in [9.17, 15) is 23.7 Å². The average molecular weight is 636 g/mol. The molecule has 2 rings (SSSR count). The largest absolute Gasteiger partial charge is 0.474 e. The number of nitrogens with one attached hydrogen (secondary N) is 1. The summed E-state index contributed by atoms with van der Waals surface area (Å²) >= 11 is 2.06. The van der Waals surface area contributed by atoms with E-state index in [0.29, 0.717) is 0 Å². The van der Waals surface area contributed by atoms with Crippen LogP contribution in [0.25, 0.3) is 10.4 Å². The third kappa shape index (κ3) is 11.0. The monoisotopic (exact) mass is 635 g/mol. The Balaban J connectivity index is 2.11. The number of hydrogen-bond acceptors (Lipinski definition) is 12. The van der Waals surface area contributed by atoms with Crippen LogP contribution in [-0.2, 0) is 32.5 Å². The standard InChI is InChI=1S/C24H38N5O9PS2/c1-15-13-29(22(33)26-19(15)30)18-12-16(27-28-25)17(38-18)14-37-39(34,35-8-10-40-20(31)23(2,3)4)36-9-11-41-21(32)24(5,6)7/h13,16-18H,8-12,14H2,1-7H3,(H,26,30,33). The van der Waals surface area contributed by atoms with Gasteiger partial charge in [-0.3, -0.25) is 37.5 Å². The number of phosphoric ester groups is 1. The van der Waals surface area contributed by atoms with Crippen LogP contribution in [0.3, 0.4) is 0 Å². The molecule has 3 unspecified atom stereocenters. The summed E-state index contributed by atoms with van der Waals surface area (Å²) in [6, 6.07) is -0.794. The molecule has 17 heteroatoms. The Morgan fingerprint density at radius 2 is 1.63 bits per heavy atom. The summed E-state index contributed by atoms with van der Waals surface area (Å²) in [5, 5.41) is 3.59. The molecule has 0 radical (unpaired) electrons. The van der Waals surface area contributed by atoms with E-state index in [-0.39, 0.29) is 53.5 Å². The highest BCUT2D eigenvalue weighted by Crippen LogP contribution is 2.50. The fraction of sp³-hybridized carbons (Fsp3) is 0.750. The molecule has 1 aliphatic rings. The summed E-state index contributed by atoms with van der Waals surface area (Å²) in [7, 11) is -4.21. The lowest BCUT2D eigenvalue weighted by atomic mass is 9.99. The molecule has 0 aliphatic carbocycles. The number of ether oxygens (including phenoxy) is 1. The van der Waals surface area contributed by atoms with Crippen molar-refractivity contribution >= 4 is 41.6 Å². The molecular formula is C24H38N5O9PS2. The van der Waals surface area contributed by atoms with Gasteiger partial charge in [0, 0.05) is 45.4 Å². The molecule has 14 nitrogen and oxygen atoms in total. The van der Waals surface area contributed by atoms with Gasteiger partial charge >= 0.3 is 13.5 Å². The molecule has 1 aromatic rings. The van der Waals surface area contributed by atoms with E-state index >= 15 is 0 Å². The summed E-state index contributed by atoms with van der Waals surface area (Å²) in [4.78, 5) is 53.5. The van der Waals surface area contributed by atoms with Gasteiger partial charge in [0.05, 0.1) is 32.0 Å². The zero-order chi connectivity index (χ0) is 31.0. The number of aromatic nitrogens is 2. The van der Waals surface area contributed by atoms with Gasteiger partial charge in [0.25, 0.3) is 5.56 Å². The van der Waals surface area contributed by atoms with E-state index in [4.69, 9.17) is 23.8 Å². The molecule has 41 heavy (non-hydrogen) atoms. The number of nitrogens with zero attached hydrogens (tertiary/aromatic N) is 4. The third-order valence-electron chi connectivity index (χ3n) is 5.61. The number of H-pyrrole nitrogens is 1. The summed E-state index contributed by atoms with van der Waals surface area (Å²) in [5.41, 5.74) is 6.97. The molecule has 0 spiro atoms. The first-order chi connectivity index (χ1) is 19.0. The minimum absolute atomic E-state index is 0.0646. The fourth-order valence-electron chi connectivity index (χ4n) is 3.30. The Bertz CT molecular complexity index is 1260. The smallest absolute Gasteiger partial charge is 0.352 e. The molecule has 1 saturated heterocycles. The van der Waals surface area contributed by atoms with Gasteiger partial charge in [-0.25, -0.2) is 9.36 Å². The van der Waals surface area contributed by atoms with Crippen molar-refractivity contribution in [2.45, 2.75) is 73.3 Å². The average Bonchev–Trinajstić information content (AvgIpc) is 3.27. The van der Waals surface area contributed by atoms with Crippen LogP contribution in [0.2, 0.25) is 0 Å². The Labute approximate surface area is 246 Å². The molecule has 0 amide bonds.